The van der Waals surface area contributed by atoms with Gasteiger partial charge in [0.15, 0.2) is 11.5 Å². The van der Waals surface area contributed by atoms with Crippen molar-refractivity contribution in [3.05, 3.63) is 59.0 Å². The van der Waals surface area contributed by atoms with Gasteiger partial charge in [-0.25, -0.2) is 4.98 Å². The third-order valence-corrected chi connectivity index (χ3v) is 3.47. The zero-order valence-electron chi connectivity index (χ0n) is 11.8. The molecule has 0 fully saturated rings. The fraction of sp³-hybridized carbons (Fsp3) is 0.235. The summed E-state index contributed by atoms with van der Waals surface area (Å²) in [6, 6.07) is 12.1. The summed E-state index contributed by atoms with van der Waals surface area (Å²) in [5.74, 6) is 0.797. The molecule has 1 heterocycles. The Morgan fingerprint density at radius 1 is 1.05 bits per heavy atom. The van der Waals surface area contributed by atoms with Crippen LogP contribution >= 0.6 is 0 Å². The van der Waals surface area contributed by atoms with E-state index in [-0.39, 0.29) is 0 Å². The summed E-state index contributed by atoms with van der Waals surface area (Å²) >= 11 is 0. The lowest BCUT2D eigenvalue weighted by Gasteiger charge is -1.99. The van der Waals surface area contributed by atoms with E-state index in [0.29, 0.717) is 0 Å². The van der Waals surface area contributed by atoms with Gasteiger partial charge in [-0.1, -0.05) is 18.2 Å². The number of hydrogen-bond acceptors (Lipinski definition) is 3. The molecule has 1 aromatic heterocycles. The molecule has 2 aromatic carbocycles. The van der Waals surface area contributed by atoms with Gasteiger partial charge in [-0.05, 0) is 55.2 Å². The highest BCUT2D eigenvalue weighted by atomic mass is 16.3. The van der Waals surface area contributed by atoms with Crippen molar-refractivity contribution in [2.24, 2.45) is 0 Å². The second-order valence-electron chi connectivity index (χ2n) is 5.28. The fourth-order valence-corrected chi connectivity index (χ4v) is 2.47. The maximum atomic E-state index is 5.86. The second-order valence-corrected chi connectivity index (χ2v) is 5.28. The molecule has 0 saturated carbocycles. The number of nitrogens with zero attached hydrogens (tertiary/aromatic N) is 1. The lowest BCUT2D eigenvalue weighted by molar-refractivity contribution is 0.526. The van der Waals surface area contributed by atoms with Crippen LogP contribution in [0.4, 0.5) is 5.69 Å². The van der Waals surface area contributed by atoms with Gasteiger partial charge in [0.1, 0.15) is 5.52 Å². The Morgan fingerprint density at radius 3 is 2.55 bits per heavy atom. The Labute approximate surface area is 118 Å². The van der Waals surface area contributed by atoms with Gasteiger partial charge in [-0.3, -0.25) is 0 Å². The van der Waals surface area contributed by atoms with E-state index in [1.165, 1.54) is 11.1 Å². The van der Waals surface area contributed by atoms with Gasteiger partial charge >= 0.3 is 0 Å². The number of aromatic nitrogens is 1. The quantitative estimate of drug-likeness (QED) is 0.733. The minimum Gasteiger partial charge on any atom is -0.440 e. The molecule has 102 valence electrons. The van der Waals surface area contributed by atoms with Crippen molar-refractivity contribution in [1.82, 2.24) is 4.98 Å². The monoisotopic (exact) mass is 266 g/mol. The highest BCUT2D eigenvalue weighted by Gasteiger charge is 2.08. The molecule has 0 unspecified atom stereocenters. The van der Waals surface area contributed by atoms with E-state index in [2.05, 4.69) is 31.0 Å². The normalized spacial score (nSPS) is 11.1. The Morgan fingerprint density at radius 2 is 1.80 bits per heavy atom. The number of anilines is 1. The number of rotatable bonds is 3. The zero-order valence-corrected chi connectivity index (χ0v) is 11.8. The molecule has 0 aliphatic rings. The predicted molar refractivity (Wildman–Crippen MR) is 81.7 cm³/mol. The zero-order chi connectivity index (χ0) is 14.1. The molecule has 3 heteroatoms. The van der Waals surface area contributed by atoms with Gasteiger partial charge in [-0.15, -0.1) is 0 Å². The summed E-state index contributed by atoms with van der Waals surface area (Å²) in [7, 11) is 0. The SMILES string of the molecule is Cc1cc(C)c2oc(CCc3ccc(N)cc3)nc2c1. The van der Waals surface area contributed by atoms with E-state index in [9.17, 15) is 0 Å². The topological polar surface area (TPSA) is 52.0 Å². The van der Waals surface area contributed by atoms with Crippen molar-refractivity contribution < 1.29 is 4.42 Å². The van der Waals surface area contributed by atoms with Crippen LogP contribution in [0.25, 0.3) is 11.1 Å². The molecule has 3 rings (SSSR count). The molecule has 0 radical (unpaired) electrons. The highest BCUT2D eigenvalue weighted by Crippen LogP contribution is 2.22. The first-order valence-corrected chi connectivity index (χ1v) is 6.83. The molecule has 0 spiro atoms. The Bertz CT molecular complexity index is 742. The van der Waals surface area contributed by atoms with E-state index < -0.39 is 0 Å². The highest BCUT2D eigenvalue weighted by molar-refractivity contribution is 5.77. The molecule has 3 nitrogen and oxygen atoms in total. The minimum absolute atomic E-state index is 0.793. The lowest BCUT2D eigenvalue weighted by Crippen LogP contribution is -1.92. The largest absolute Gasteiger partial charge is 0.440 e. The van der Waals surface area contributed by atoms with E-state index in [0.717, 1.165) is 41.1 Å². The van der Waals surface area contributed by atoms with Gasteiger partial charge in [0.05, 0.1) is 0 Å². The van der Waals surface area contributed by atoms with Gasteiger partial charge in [0.2, 0.25) is 0 Å². The first-order valence-electron chi connectivity index (χ1n) is 6.83. The summed E-state index contributed by atoms with van der Waals surface area (Å²) in [6.45, 7) is 4.14. The molecule has 0 amide bonds. The molecule has 0 aliphatic carbocycles. The minimum atomic E-state index is 0.793. The summed E-state index contributed by atoms with van der Waals surface area (Å²) in [5.41, 5.74) is 11.9. The number of fused-ring (bicyclic) bond motifs is 1. The number of benzene rings is 2. The molecular formula is C17H18N2O. The second kappa shape index (κ2) is 5.00. The number of nitrogen functional groups attached to an aromatic ring is 1. The van der Waals surface area contributed by atoms with Crippen LogP contribution in [0.1, 0.15) is 22.6 Å². The number of hydrogen-bond donors (Lipinski definition) is 1. The summed E-state index contributed by atoms with van der Waals surface area (Å²) < 4.78 is 5.86. The molecule has 0 atom stereocenters. The van der Waals surface area contributed by atoms with Crippen molar-refractivity contribution in [3.63, 3.8) is 0 Å². The number of nitrogens with two attached hydrogens (primary N) is 1. The lowest BCUT2D eigenvalue weighted by atomic mass is 10.1. The molecule has 0 saturated heterocycles. The van der Waals surface area contributed by atoms with Crippen LogP contribution < -0.4 is 5.73 Å². The molecule has 0 bridgehead atoms. The van der Waals surface area contributed by atoms with E-state index in [1.54, 1.807) is 0 Å². The smallest absolute Gasteiger partial charge is 0.195 e. The van der Waals surface area contributed by atoms with Crippen LogP contribution in [0.3, 0.4) is 0 Å². The Balaban J connectivity index is 1.81. The van der Waals surface area contributed by atoms with E-state index >= 15 is 0 Å². The van der Waals surface area contributed by atoms with Gasteiger partial charge in [0, 0.05) is 12.1 Å². The molecule has 2 N–H and O–H groups in total. The van der Waals surface area contributed by atoms with Crippen molar-refractivity contribution in [3.8, 4) is 0 Å². The average Bonchev–Trinajstić information content (AvgIpc) is 2.81. The van der Waals surface area contributed by atoms with Gasteiger partial charge in [-0.2, -0.15) is 0 Å². The third-order valence-electron chi connectivity index (χ3n) is 3.47. The fourth-order valence-electron chi connectivity index (χ4n) is 2.47. The van der Waals surface area contributed by atoms with Gasteiger partial charge in [0.25, 0.3) is 0 Å². The van der Waals surface area contributed by atoms with Crippen molar-refractivity contribution in [1.29, 1.82) is 0 Å². The van der Waals surface area contributed by atoms with Crippen LogP contribution in [0.15, 0.2) is 40.8 Å². The van der Waals surface area contributed by atoms with Crippen molar-refractivity contribution >= 4 is 16.8 Å². The first-order chi connectivity index (χ1) is 9.61. The number of aryl methyl sites for hydroxylation is 4. The van der Waals surface area contributed by atoms with Crippen molar-refractivity contribution in [2.45, 2.75) is 26.7 Å². The van der Waals surface area contributed by atoms with E-state index in [1.807, 2.05) is 24.3 Å². The van der Waals surface area contributed by atoms with Crippen molar-refractivity contribution in [2.75, 3.05) is 5.73 Å². The van der Waals surface area contributed by atoms with E-state index in [4.69, 9.17) is 10.2 Å². The van der Waals surface area contributed by atoms with Crippen LogP contribution in [-0.2, 0) is 12.8 Å². The standard InChI is InChI=1S/C17H18N2O/c1-11-9-12(2)17-15(10-11)19-16(20-17)8-5-13-3-6-14(18)7-4-13/h3-4,6-7,9-10H,5,8,18H2,1-2H3. The predicted octanol–water partition coefficient (Wildman–Crippen LogP) is 3.81. The number of oxazole rings is 1. The summed E-state index contributed by atoms with van der Waals surface area (Å²) in [4.78, 5) is 4.58. The van der Waals surface area contributed by atoms with Crippen LogP contribution in [-0.4, -0.2) is 4.98 Å². The van der Waals surface area contributed by atoms with Crippen LogP contribution in [0.5, 0.6) is 0 Å². The maximum Gasteiger partial charge on any atom is 0.195 e. The Hall–Kier alpha value is -2.29. The van der Waals surface area contributed by atoms with Gasteiger partial charge < -0.3 is 10.2 Å². The van der Waals surface area contributed by atoms with Crippen LogP contribution in [0.2, 0.25) is 0 Å². The summed E-state index contributed by atoms with van der Waals surface area (Å²) in [5, 5.41) is 0. The first kappa shape index (κ1) is 12.7. The summed E-state index contributed by atoms with van der Waals surface area (Å²) in [6.07, 6.45) is 1.71. The average molecular weight is 266 g/mol. The molecule has 0 aliphatic heterocycles. The third kappa shape index (κ3) is 2.52. The van der Waals surface area contributed by atoms with Crippen LogP contribution in [0, 0.1) is 13.8 Å². The molecule has 20 heavy (non-hydrogen) atoms. The molecule has 3 aromatic rings. The Kier molecular flexibility index (Phi) is 3.18. The molecular weight excluding hydrogens is 248 g/mol. The maximum absolute atomic E-state index is 5.86.